The molecule has 4 rings (SSSR count). The van der Waals surface area contributed by atoms with Crippen molar-refractivity contribution in [3.63, 3.8) is 0 Å². The molecule has 4 aromatic rings. The number of benzene rings is 2. The van der Waals surface area contributed by atoms with E-state index in [1.54, 1.807) is 25.3 Å². The molecule has 0 saturated heterocycles. The van der Waals surface area contributed by atoms with Gasteiger partial charge in [0.15, 0.2) is 5.69 Å². The maximum absolute atomic E-state index is 13.0. The number of H-pyrrole nitrogens is 1. The summed E-state index contributed by atoms with van der Waals surface area (Å²) in [5.74, 6) is 0.110. The number of nitrogens with zero attached hydrogens (tertiary/aromatic N) is 4. The molecule has 8 nitrogen and oxygen atoms in total. The van der Waals surface area contributed by atoms with Crippen LogP contribution in [0.4, 0.5) is 11.6 Å². The van der Waals surface area contributed by atoms with Gasteiger partial charge in [0.1, 0.15) is 0 Å². The smallest absolute Gasteiger partial charge is 0.262 e. The number of aryl methyl sites for hydroxylation is 1. The van der Waals surface area contributed by atoms with Crippen molar-refractivity contribution in [3.8, 4) is 5.88 Å². The van der Waals surface area contributed by atoms with Gasteiger partial charge in [0.2, 0.25) is 5.88 Å². The quantitative estimate of drug-likeness (QED) is 0.377. The summed E-state index contributed by atoms with van der Waals surface area (Å²) in [7, 11) is 1.61. The van der Waals surface area contributed by atoms with Gasteiger partial charge in [-0.05, 0) is 31.0 Å². The van der Waals surface area contributed by atoms with Gasteiger partial charge in [-0.15, -0.1) is 10.2 Å². The molecule has 29 heavy (non-hydrogen) atoms. The SMILES string of the molecule is COCCCn1c(N=Nc2c(O)[nH]c3c(C)cccc23)nc2ccccc2c1=O. The van der Waals surface area contributed by atoms with Crippen LogP contribution in [0.3, 0.4) is 0 Å². The van der Waals surface area contributed by atoms with Crippen molar-refractivity contribution in [2.45, 2.75) is 19.9 Å². The van der Waals surface area contributed by atoms with E-state index in [1.807, 2.05) is 31.2 Å². The van der Waals surface area contributed by atoms with Crippen LogP contribution in [0.15, 0.2) is 57.5 Å². The predicted octanol–water partition coefficient (Wildman–Crippen LogP) is 4.34. The first-order chi connectivity index (χ1) is 14.1. The van der Waals surface area contributed by atoms with Crippen LogP contribution < -0.4 is 5.56 Å². The zero-order valence-corrected chi connectivity index (χ0v) is 16.2. The lowest BCUT2D eigenvalue weighted by atomic mass is 10.1. The fourth-order valence-corrected chi connectivity index (χ4v) is 3.33. The van der Waals surface area contributed by atoms with Gasteiger partial charge >= 0.3 is 0 Å². The van der Waals surface area contributed by atoms with Crippen LogP contribution in [0.1, 0.15) is 12.0 Å². The summed E-state index contributed by atoms with van der Waals surface area (Å²) in [5.41, 5.74) is 2.46. The Bertz CT molecular complexity index is 1270. The van der Waals surface area contributed by atoms with E-state index < -0.39 is 0 Å². The lowest BCUT2D eigenvalue weighted by molar-refractivity contribution is 0.190. The van der Waals surface area contributed by atoms with Crippen molar-refractivity contribution < 1.29 is 9.84 Å². The van der Waals surface area contributed by atoms with E-state index in [9.17, 15) is 9.90 Å². The fraction of sp³-hybridized carbons (Fsp3) is 0.238. The molecule has 0 bridgehead atoms. The molecular formula is C21H21N5O3. The third kappa shape index (κ3) is 3.50. The average Bonchev–Trinajstić information content (AvgIpc) is 3.05. The second-order valence-electron chi connectivity index (χ2n) is 6.75. The molecule has 0 aliphatic carbocycles. The highest BCUT2D eigenvalue weighted by atomic mass is 16.5. The Morgan fingerprint density at radius 2 is 1.93 bits per heavy atom. The topological polar surface area (TPSA) is 105 Å². The number of hydrogen-bond donors (Lipinski definition) is 2. The molecule has 0 aliphatic rings. The number of fused-ring (bicyclic) bond motifs is 2. The monoisotopic (exact) mass is 391 g/mol. The Morgan fingerprint density at radius 3 is 2.76 bits per heavy atom. The standard InChI is InChI=1S/C21H21N5O3/c1-13-7-5-9-15-17(13)23-19(27)18(15)24-25-21-22-16-10-4-3-8-14(16)20(28)26(21)11-6-12-29-2/h3-5,7-10,23,27H,6,11-12H2,1-2H3. The Kier molecular flexibility index (Phi) is 5.09. The zero-order valence-electron chi connectivity index (χ0n) is 16.2. The van der Waals surface area contributed by atoms with Gasteiger partial charge in [-0.3, -0.25) is 9.36 Å². The Balaban J connectivity index is 1.83. The first-order valence-electron chi connectivity index (χ1n) is 9.30. The minimum absolute atomic E-state index is 0.0767. The molecule has 2 heterocycles. The van der Waals surface area contributed by atoms with Gasteiger partial charge in [-0.1, -0.05) is 30.3 Å². The van der Waals surface area contributed by atoms with Crippen LogP contribution in [0.25, 0.3) is 21.8 Å². The second kappa shape index (κ2) is 7.84. The van der Waals surface area contributed by atoms with Crippen LogP contribution in [0.2, 0.25) is 0 Å². The first-order valence-corrected chi connectivity index (χ1v) is 9.30. The molecule has 0 saturated carbocycles. The van der Waals surface area contributed by atoms with Crippen LogP contribution in [0, 0.1) is 6.92 Å². The summed E-state index contributed by atoms with van der Waals surface area (Å²) in [6, 6.07) is 12.8. The molecule has 2 aromatic carbocycles. The van der Waals surface area contributed by atoms with Gasteiger partial charge in [-0.2, -0.15) is 0 Å². The lowest BCUT2D eigenvalue weighted by Crippen LogP contribution is -2.22. The highest BCUT2D eigenvalue weighted by Gasteiger charge is 2.14. The number of para-hydroxylation sites is 2. The minimum atomic E-state index is -0.181. The van der Waals surface area contributed by atoms with E-state index in [-0.39, 0.29) is 17.4 Å². The van der Waals surface area contributed by atoms with Gasteiger partial charge in [0.05, 0.1) is 16.4 Å². The third-order valence-corrected chi connectivity index (χ3v) is 4.81. The summed E-state index contributed by atoms with van der Waals surface area (Å²) >= 11 is 0. The van der Waals surface area contributed by atoms with Crippen molar-refractivity contribution in [1.29, 1.82) is 0 Å². The highest BCUT2D eigenvalue weighted by molar-refractivity contribution is 5.95. The van der Waals surface area contributed by atoms with E-state index in [0.717, 1.165) is 16.5 Å². The van der Waals surface area contributed by atoms with Crippen LogP contribution in [0.5, 0.6) is 5.88 Å². The number of aromatic amines is 1. The van der Waals surface area contributed by atoms with Gasteiger partial charge in [0, 0.05) is 25.6 Å². The van der Waals surface area contributed by atoms with Gasteiger partial charge in [0.25, 0.3) is 11.5 Å². The number of hydrogen-bond acceptors (Lipinski definition) is 6. The molecule has 0 fully saturated rings. The molecule has 148 valence electrons. The average molecular weight is 391 g/mol. The van der Waals surface area contributed by atoms with E-state index >= 15 is 0 Å². The molecule has 0 amide bonds. The van der Waals surface area contributed by atoms with Crippen molar-refractivity contribution in [3.05, 3.63) is 58.4 Å². The largest absolute Gasteiger partial charge is 0.493 e. The Hall–Kier alpha value is -3.52. The van der Waals surface area contributed by atoms with E-state index in [1.165, 1.54) is 4.57 Å². The summed E-state index contributed by atoms with van der Waals surface area (Å²) in [5, 5.41) is 20.0. The summed E-state index contributed by atoms with van der Waals surface area (Å²) in [4.78, 5) is 20.4. The predicted molar refractivity (Wildman–Crippen MR) is 111 cm³/mol. The molecule has 8 heteroatoms. The molecule has 0 radical (unpaired) electrons. The number of nitrogens with one attached hydrogen (secondary N) is 1. The number of rotatable bonds is 6. The van der Waals surface area contributed by atoms with E-state index in [4.69, 9.17) is 4.74 Å². The Labute approximate surface area is 166 Å². The molecule has 0 atom stereocenters. The Morgan fingerprint density at radius 1 is 1.14 bits per heavy atom. The molecule has 2 aromatic heterocycles. The van der Waals surface area contributed by atoms with Crippen molar-refractivity contribution in [1.82, 2.24) is 14.5 Å². The minimum Gasteiger partial charge on any atom is -0.493 e. The maximum atomic E-state index is 13.0. The van der Waals surface area contributed by atoms with Gasteiger partial charge in [-0.25, -0.2) is 4.98 Å². The normalized spacial score (nSPS) is 11.8. The lowest BCUT2D eigenvalue weighted by Gasteiger charge is -2.09. The van der Waals surface area contributed by atoms with Gasteiger partial charge < -0.3 is 14.8 Å². The summed E-state index contributed by atoms with van der Waals surface area (Å²) in [6.45, 7) is 2.85. The maximum Gasteiger partial charge on any atom is 0.262 e. The second-order valence-corrected chi connectivity index (χ2v) is 6.75. The van der Waals surface area contributed by atoms with Crippen LogP contribution in [-0.4, -0.2) is 33.4 Å². The number of azo groups is 1. The van der Waals surface area contributed by atoms with Crippen LogP contribution >= 0.6 is 0 Å². The summed E-state index contributed by atoms with van der Waals surface area (Å²) < 4.78 is 6.59. The highest BCUT2D eigenvalue weighted by Crippen LogP contribution is 2.37. The first kappa shape index (κ1) is 18.8. The molecular weight excluding hydrogens is 370 g/mol. The van der Waals surface area contributed by atoms with E-state index in [2.05, 4.69) is 20.2 Å². The number of methoxy groups -OCH3 is 1. The fourth-order valence-electron chi connectivity index (χ4n) is 3.33. The number of aromatic nitrogens is 3. The number of aromatic hydroxyl groups is 1. The molecule has 0 aliphatic heterocycles. The van der Waals surface area contributed by atoms with Crippen LogP contribution in [-0.2, 0) is 11.3 Å². The van der Waals surface area contributed by atoms with Crippen molar-refractivity contribution in [2.24, 2.45) is 10.2 Å². The third-order valence-electron chi connectivity index (χ3n) is 4.81. The molecule has 0 unspecified atom stereocenters. The molecule has 0 spiro atoms. The van der Waals surface area contributed by atoms with Crippen molar-refractivity contribution >= 4 is 33.4 Å². The molecule has 2 N–H and O–H groups in total. The zero-order chi connectivity index (χ0) is 20.4. The number of ether oxygens (including phenoxy) is 1. The van der Waals surface area contributed by atoms with E-state index in [0.29, 0.717) is 36.2 Å². The summed E-state index contributed by atoms with van der Waals surface area (Å²) in [6.07, 6.45) is 0.635. The van der Waals surface area contributed by atoms with Crippen molar-refractivity contribution in [2.75, 3.05) is 13.7 Å².